The fraction of sp³-hybridized carbons (Fsp3) is 0.200. The van der Waals surface area contributed by atoms with E-state index < -0.39 is 5.54 Å². The highest BCUT2D eigenvalue weighted by Gasteiger charge is 2.26. The molecular weight excluding hydrogens is 284 g/mol. The summed E-state index contributed by atoms with van der Waals surface area (Å²) in [6.07, 6.45) is 0.410. The Hall–Kier alpha value is -1.09. The molecule has 1 unspecified atom stereocenters. The summed E-state index contributed by atoms with van der Waals surface area (Å²) in [7, 11) is 0. The van der Waals surface area contributed by atoms with Crippen LogP contribution in [0.2, 0.25) is 10.0 Å². The van der Waals surface area contributed by atoms with Crippen LogP contribution in [0.3, 0.4) is 0 Å². The van der Waals surface area contributed by atoms with Gasteiger partial charge in [-0.25, -0.2) is 4.39 Å². The molecule has 2 N–H and O–H groups in total. The van der Waals surface area contributed by atoms with Crippen molar-refractivity contribution in [1.29, 1.82) is 0 Å². The summed E-state index contributed by atoms with van der Waals surface area (Å²) in [5.74, 6) is -0.314. The Morgan fingerprint density at radius 1 is 1.11 bits per heavy atom. The zero-order valence-electron chi connectivity index (χ0n) is 10.5. The molecule has 2 rings (SSSR count). The molecule has 0 heterocycles. The number of benzene rings is 2. The van der Waals surface area contributed by atoms with Crippen molar-refractivity contribution in [3.8, 4) is 0 Å². The average Bonchev–Trinajstić information content (AvgIpc) is 2.35. The third kappa shape index (κ3) is 3.08. The topological polar surface area (TPSA) is 26.0 Å². The zero-order valence-corrected chi connectivity index (χ0v) is 12.0. The van der Waals surface area contributed by atoms with E-state index in [1.165, 1.54) is 6.07 Å². The largest absolute Gasteiger partial charge is 0.321 e. The summed E-state index contributed by atoms with van der Waals surface area (Å²) in [4.78, 5) is 0. The van der Waals surface area contributed by atoms with E-state index in [0.717, 1.165) is 5.56 Å². The Kier molecular flexibility index (Phi) is 4.14. The van der Waals surface area contributed by atoms with E-state index in [-0.39, 0.29) is 5.82 Å². The van der Waals surface area contributed by atoms with E-state index in [9.17, 15) is 4.39 Å². The molecule has 2 aromatic rings. The van der Waals surface area contributed by atoms with Gasteiger partial charge < -0.3 is 5.73 Å². The number of hydrogen-bond donors (Lipinski definition) is 1. The quantitative estimate of drug-likeness (QED) is 0.884. The Bertz CT molecular complexity index is 596. The maximum atomic E-state index is 13.8. The first-order valence-electron chi connectivity index (χ1n) is 5.88. The summed E-state index contributed by atoms with van der Waals surface area (Å²) in [6.45, 7) is 1.78. The van der Waals surface area contributed by atoms with Crippen molar-refractivity contribution >= 4 is 23.2 Å². The van der Waals surface area contributed by atoms with Crippen LogP contribution in [-0.4, -0.2) is 0 Å². The van der Waals surface area contributed by atoms with Crippen LogP contribution in [0, 0.1) is 5.82 Å². The van der Waals surface area contributed by atoms with Gasteiger partial charge in [0, 0.05) is 11.1 Å². The second-order valence-electron chi connectivity index (χ2n) is 4.79. The Labute approximate surface area is 122 Å². The molecule has 0 spiro atoms. The van der Waals surface area contributed by atoms with Gasteiger partial charge >= 0.3 is 0 Å². The molecule has 1 nitrogen and oxygen atoms in total. The summed E-state index contributed by atoms with van der Waals surface area (Å²) < 4.78 is 13.8. The molecule has 0 bridgehead atoms. The fourth-order valence-electron chi connectivity index (χ4n) is 2.10. The van der Waals surface area contributed by atoms with Crippen LogP contribution in [0.1, 0.15) is 18.1 Å². The second-order valence-corrected chi connectivity index (χ2v) is 5.57. The standard InChI is InChI=1S/C15H14Cl2FN/c1-15(19,11-6-2-3-8-13(11)18)9-10-5-4-7-12(16)14(10)17/h2-8H,9,19H2,1H3. The van der Waals surface area contributed by atoms with Gasteiger partial charge in [0.1, 0.15) is 5.82 Å². The van der Waals surface area contributed by atoms with Crippen LogP contribution in [0.5, 0.6) is 0 Å². The maximum absolute atomic E-state index is 13.8. The average molecular weight is 298 g/mol. The smallest absolute Gasteiger partial charge is 0.128 e. The summed E-state index contributed by atoms with van der Waals surface area (Å²) in [5.41, 5.74) is 6.67. The summed E-state index contributed by atoms with van der Waals surface area (Å²) in [5, 5.41) is 0.945. The van der Waals surface area contributed by atoms with Gasteiger partial charge in [-0.1, -0.05) is 53.5 Å². The van der Waals surface area contributed by atoms with Gasteiger partial charge in [-0.3, -0.25) is 0 Å². The molecule has 0 aromatic heterocycles. The number of halogens is 3. The Balaban J connectivity index is 2.36. The molecule has 19 heavy (non-hydrogen) atoms. The molecule has 0 aliphatic rings. The monoisotopic (exact) mass is 297 g/mol. The number of hydrogen-bond acceptors (Lipinski definition) is 1. The van der Waals surface area contributed by atoms with Crippen molar-refractivity contribution in [3.63, 3.8) is 0 Å². The van der Waals surface area contributed by atoms with Gasteiger partial charge in [-0.2, -0.15) is 0 Å². The van der Waals surface area contributed by atoms with Gasteiger partial charge in [-0.05, 0) is 31.0 Å². The zero-order chi connectivity index (χ0) is 14.0. The summed E-state index contributed by atoms with van der Waals surface area (Å²) in [6, 6.07) is 11.9. The Morgan fingerprint density at radius 2 is 1.79 bits per heavy atom. The van der Waals surface area contributed by atoms with E-state index >= 15 is 0 Å². The lowest BCUT2D eigenvalue weighted by Gasteiger charge is -2.26. The normalized spacial score (nSPS) is 14.2. The first kappa shape index (κ1) is 14.3. The van der Waals surface area contributed by atoms with E-state index in [1.807, 2.05) is 6.07 Å². The van der Waals surface area contributed by atoms with Crippen LogP contribution in [-0.2, 0) is 12.0 Å². The minimum absolute atomic E-state index is 0.314. The molecule has 1 atom stereocenters. The highest BCUT2D eigenvalue weighted by molar-refractivity contribution is 6.42. The number of rotatable bonds is 3. The van der Waals surface area contributed by atoms with Crippen LogP contribution < -0.4 is 5.73 Å². The lowest BCUT2D eigenvalue weighted by atomic mass is 9.86. The Morgan fingerprint density at radius 3 is 2.47 bits per heavy atom. The molecule has 0 amide bonds. The minimum atomic E-state index is -0.848. The molecule has 0 saturated carbocycles. The van der Waals surface area contributed by atoms with Crippen LogP contribution in [0.15, 0.2) is 42.5 Å². The molecule has 0 fully saturated rings. The SMILES string of the molecule is CC(N)(Cc1cccc(Cl)c1Cl)c1ccccc1F. The van der Waals surface area contributed by atoms with Crippen molar-refractivity contribution in [2.45, 2.75) is 18.9 Å². The predicted molar refractivity (Wildman–Crippen MR) is 78.1 cm³/mol. The first-order valence-corrected chi connectivity index (χ1v) is 6.64. The molecule has 100 valence electrons. The molecule has 2 aromatic carbocycles. The summed E-state index contributed by atoms with van der Waals surface area (Å²) >= 11 is 12.1. The van der Waals surface area contributed by atoms with Gasteiger partial charge in [0.25, 0.3) is 0 Å². The first-order chi connectivity index (χ1) is 8.92. The lowest BCUT2D eigenvalue weighted by Crippen LogP contribution is -2.36. The van der Waals surface area contributed by atoms with Gasteiger partial charge in [0.05, 0.1) is 10.0 Å². The van der Waals surface area contributed by atoms with Gasteiger partial charge in [0.2, 0.25) is 0 Å². The van der Waals surface area contributed by atoms with Crippen LogP contribution in [0.4, 0.5) is 4.39 Å². The van der Waals surface area contributed by atoms with Crippen molar-refractivity contribution < 1.29 is 4.39 Å². The van der Waals surface area contributed by atoms with Crippen molar-refractivity contribution in [3.05, 3.63) is 69.5 Å². The molecule has 0 aliphatic heterocycles. The van der Waals surface area contributed by atoms with E-state index in [0.29, 0.717) is 22.0 Å². The third-order valence-corrected chi connectivity index (χ3v) is 3.94. The number of nitrogens with two attached hydrogens (primary N) is 1. The predicted octanol–water partition coefficient (Wildman–Crippen LogP) is 4.55. The van der Waals surface area contributed by atoms with Crippen molar-refractivity contribution in [1.82, 2.24) is 0 Å². The van der Waals surface area contributed by atoms with Gasteiger partial charge in [0.15, 0.2) is 0 Å². The van der Waals surface area contributed by atoms with Gasteiger partial charge in [-0.15, -0.1) is 0 Å². The molecule has 4 heteroatoms. The second kappa shape index (κ2) is 5.49. The van der Waals surface area contributed by atoms with E-state index in [2.05, 4.69) is 0 Å². The van der Waals surface area contributed by atoms with Crippen LogP contribution >= 0.6 is 23.2 Å². The fourth-order valence-corrected chi connectivity index (χ4v) is 2.49. The third-order valence-electron chi connectivity index (χ3n) is 3.08. The highest BCUT2D eigenvalue weighted by atomic mass is 35.5. The minimum Gasteiger partial charge on any atom is -0.321 e. The van der Waals surface area contributed by atoms with E-state index in [4.69, 9.17) is 28.9 Å². The lowest BCUT2D eigenvalue weighted by molar-refractivity contribution is 0.457. The van der Waals surface area contributed by atoms with E-state index in [1.54, 1.807) is 37.3 Å². The molecule has 0 aliphatic carbocycles. The van der Waals surface area contributed by atoms with Crippen molar-refractivity contribution in [2.75, 3.05) is 0 Å². The highest BCUT2D eigenvalue weighted by Crippen LogP contribution is 2.31. The molecular formula is C15H14Cl2FN. The molecule has 0 saturated heterocycles. The van der Waals surface area contributed by atoms with Crippen molar-refractivity contribution in [2.24, 2.45) is 5.73 Å². The van der Waals surface area contributed by atoms with Crippen LogP contribution in [0.25, 0.3) is 0 Å². The molecule has 0 radical (unpaired) electrons. The maximum Gasteiger partial charge on any atom is 0.128 e.